The van der Waals surface area contributed by atoms with E-state index in [4.69, 9.17) is 0 Å². The van der Waals surface area contributed by atoms with Crippen molar-refractivity contribution in [3.05, 3.63) is 35.8 Å². The van der Waals surface area contributed by atoms with Crippen molar-refractivity contribution in [2.24, 2.45) is 0 Å². The third-order valence-corrected chi connectivity index (χ3v) is 2.60. The molecule has 0 unspecified atom stereocenters. The van der Waals surface area contributed by atoms with E-state index in [1.54, 1.807) is 0 Å². The zero-order valence-electron chi connectivity index (χ0n) is 8.71. The van der Waals surface area contributed by atoms with Crippen LogP contribution >= 0.6 is 0 Å². The summed E-state index contributed by atoms with van der Waals surface area (Å²) in [5.41, 5.74) is 1.71. The van der Waals surface area contributed by atoms with E-state index >= 15 is 0 Å². The summed E-state index contributed by atoms with van der Waals surface area (Å²) in [5, 5.41) is 0.721. The second-order valence-corrected chi connectivity index (χ2v) is 3.88. The van der Waals surface area contributed by atoms with Crippen molar-refractivity contribution in [3.63, 3.8) is 0 Å². The van der Waals surface area contributed by atoms with Gasteiger partial charge in [-0.2, -0.15) is 0 Å². The first-order valence-electron chi connectivity index (χ1n) is 4.88. The molecule has 0 saturated carbocycles. The van der Waals surface area contributed by atoms with Gasteiger partial charge in [-0.15, -0.1) is 0 Å². The van der Waals surface area contributed by atoms with Crippen LogP contribution in [0.1, 0.15) is 25.6 Å². The van der Waals surface area contributed by atoms with Crippen LogP contribution in [-0.4, -0.2) is 4.57 Å². The molecular formula is C12H14FN. The highest BCUT2D eigenvalue weighted by Crippen LogP contribution is 2.27. The van der Waals surface area contributed by atoms with E-state index in [0.717, 1.165) is 16.6 Å². The first kappa shape index (κ1) is 9.25. The number of aromatic nitrogens is 1. The molecular weight excluding hydrogens is 177 g/mol. The van der Waals surface area contributed by atoms with E-state index in [0.29, 0.717) is 6.04 Å². The number of benzene rings is 1. The van der Waals surface area contributed by atoms with Crippen LogP contribution in [0, 0.1) is 12.7 Å². The van der Waals surface area contributed by atoms with Crippen molar-refractivity contribution in [3.8, 4) is 0 Å². The van der Waals surface area contributed by atoms with Gasteiger partial charge in [0.25, 0.3) is 0 Å². The lowest BCUT2D eigenvalue weighted by atomic mass is 10.2. The van der Waals surface area contributed by atoms with Crippen molar-refractivity contribution >= 4 is 10.9 Å². The summed E-state index contributed by atoms with van der Waals surface area (Å²) in [5.74, 6) is -0.0886. The fraction of sp³-hybridized carbons (Fsp3) is 0.333. The molecule has 0 aliphatic carbocycles. The van der Waals surface area contributed by atoms with Crippen LogP contribution in [0.4, 0.5) is 4.39 Å². The Morgan fingerprint density at radius 3 is 2.50 bits per heavy atom. The van der Waals surface area contributed by atoms with Gasteiger partial charge in [0.1, 0.15) is 0 Å². The van der Waals surface area contributed by atoms with E-state index in [1.807, 2.05) is 35.8 Å². The number of halogens is 1. The second-order valence-electron chi connectivity index (χ2n) is 3.88. The molecule has 14 heavy (non-hydrogen) atoms. The maximum atomic E-state index is 13.8. The molecule has 1 aromatic heterocycles. The second kappa shape index (κ2) is 3.12. The zero-order chi connectivity index (χ0) is 10.3. The Morgan fingerprint density at radius 1 is 1.21 bits per heavy atom. The topological polar surface area (TPSA) is 4.93 Å². The van der Waals surface area contributed by atoms with Crippen LogP contribution < -0.4 is 0 Å². The van der Waals surface area contributed by atoms with Crippen molar-refractivity contribution in [1.29, 1.82) is 0 Å². The van der Waals surface area contributed by atoms with E-state index in [1.165, 1.54) is 0 Å². The molecule has 0 N–H and O–H groups in total. The molecule has 0 spiro atoms. The number of hydrogen-bond donors (Lipinski definition) is 0. The molecule has 0 aliphatic rings. The van der Waals surface area contributed by atoms with Gasteiger partial charge >= 0.3 is 0 Å². The van der Waals surface area contributed by atoms with Crippen molar-refractivity contribution < 1.29 is 4.39 Å². The van der Waals surface area contributed by atoms with E-state index in [9.17, 15) is 4.39 Å². The summed E-state index contributed by atoms with van der Waals surface area (Å²) in [6, 6.07) is 7.90. The molecule has 2 aromatic rings. The summed E-state index contributed by atoms with van der Waals surface area (Å²) >= 11 is 0. The molecule has 0 aliphatic heterocycles. The van der Waals surface area contributed by atoms with E-state index < -0.39 is 0 Å². The minimum atomic E-state index is -0.0886. The van der Waals surface area contributed by atoms with Gasteiger partial charge in [0, 0.05) is 11.4 Å². The van der Waals surface area contributed by atoms with Crippen LogP contribution in [-0.2, 0) is 0 Å². The molecule has 0 radical (unpaired) electrons. The van der Waals surface area contributed by atoms with Crippen molar-refractivity contribution in [2.75, 3.05) is 0 Å². The Labute approximate surface area is 83.2 Å². The van der Waals surface area contributed by atoms with Crippen LogP contribution in [0.2, 0.25) is 0 Å². The molecule has 0 fully saturated rings. The summed E-state index contributed by atoms with van der Waals surface area (Å²) in [7, 11) is 0. The van der Waals surface area contributed by atoms with Crippen molar-refractivity contribution in [1.82, 2.24) is 4.57 Å². The van der Waals surface area contributed by atoms with Crippen LogP contribution in [0.25, 0.3) is 10.9 Å². The number of hydrogen-bond acceptors (Lipinski definition) is 0. The Hall–Kier alpha value is -1.31. The highest BCUT2D eigenvalue weighted by Gasteiger charge is 2.14. The minimum Gasteiger partial charge on any atom is -0.340 e. The molecule has 74 valence electrons. The normalized spacial score (nSPS) is 11.5. The first-order chi connectivity index (χ1) is 6.63. The quantitative estimate of drug-likeness (QED) is 0.648. The Morgan fingerprint density at radius 2 is 1.86 bits per heavy atom. The Bertz CT molecular complexity index is 468. The zero-order valence-corrected chi connectivity index (χ0v) is 8.71. The number of fused-ring (bicyclic) bond motifs is 1. The van der Waals surface area contributed by atoms with Gasteiger partial charge in [-0.3, -0.25) is 0 Å². The van der Waals surface area contributed by atoms with E-state index in [-0.39, 0.29) is 5.82 Å². The maximum absolute atomic E-state index is 13.8. The van der Waals surface area contributed by atoms with Gasteiger partial charge in [-0.1, -0.05) is 12.1 Å². The van der Waals surface area contributed by atoms with Crippen LogP contribution in [0.15, 0.2) is 24.3 Å². The molecule has 1 aromatic carbocycles. The number of para-hydroxylation sites is 1. The fourth-order valence-electron chi connectivity index (χ4n) is 2.02. The SMILES string of the molecule is Cc1c(F)c2ccccc2n1C(C)C. The molecule has 2 rings (SSSR count). The lowest BCUT2D eigenvalue weighted by Crippen LogP contribution is -2.02. The summed E-state index contributed by atoms with van der Waals surface area (Å²) in [4.78, 5) is 0. The summed E-state index contributed by atoms with van der Waals surface area (Å²) in [6.45, 7) is 5.97. The van der Waals surface area contributed by atoms with Gasteiger partial charge in [-0.25, -0.2) is 4.39 Å². The Kier molecular flexibility index (Phi) is 2.06. The highest BCUT2D eigenvalue weighted by molar-refractivity contribution is 5.82. The maximum Gasteiger partial charge on any atom is 0.151 e. The van der Waals surface area contributed by atoms with E-state index in [2.05, 4.69) is 13.8 Å². The summed E-state index contributed by atoms with van der Waals surface area (Å²) in [6.07, 6.45) is 0. The smallest absolute Gasteiger partial charge is 0.151 e. The lowest BCUT2D eigenvalue weighted by Gasteiger charge is -2.11. The minimum absolute atomic E-state index is 0.0886. The van der Waals surface area contributed by atoms with Crippen LogP contribution in [0.5, 0.6) is 0 Å². The molecule has 0 bridgehead atoms. The largest absolute Gasteiger partial charge is 0.340 e. The molecule has 0 saturated heterocycles. The van der Waals surface area contributed by atoms with Gasteiger partial charge in [0.2, 0.25) is 0 Å². The van der Waals surface area contributed by atoms with Gasteiger partial charge in [0.05, 0.1) is 11.2 Å². The lowest BCUT2D eigenvalue weighted by molar-refractivity contribution is 0.567. The summed E-state index contributed by atoms with van der Waals surface area (Å²) < 4.78 is 15.8. The van der Waals surface area contributed by atoms with Crippen LogP contribution in [0.3, 0.4) is 0 Å². The van der Waals surface area contributed by atoms with Crippen molar-refractivity contribution in [2.45, 2.75) is 26.8 Å². The van der Waals surface area contributed by atoms with Gasteiger partial charge in [-0.05, 0) is 32.9 Å². The monoisotopic (exact) mass is 191 g/mol. The molecule has 1 nitrogen and oxygen atoms in total. The predicted molar refractivity (Wildman–Crippen MR) is 57.0 cm³/mol. The average Bonchev–Trinajstić information content (AvgIpc) is 2.41. The number of rotatable bonds is 1. The first-order valence-corrected chi connectivity index (χ1v) is 4.88. The van der Waals surface area contributed by atoms with Gasteiger partial charge in [0.15, 0.2) is 5.82 Å². The fourth-order valence-corrected chi connectivity index (χ4v) is 2.02. The molecule has 0 amide bonds. The van der Waals surface area contributed by atoms with Gasteiger partial charge < -0.3 is 4.57 Å². The standard InChI is InChI=1S/C12H14FN/c1-8(2)14-9(3)12(13)10-6-4-5-7-11(10)14/h4-8H,1-3H3. The highest BCUT2D eigenvalue weighted by atomic mass is 19.1. The molecule has 2 heteroatoms. The average molecular weight is 191 g/mol. The molecule has 0 atom stereocenters. The third kappa shape index (κ3) is 1.14. The number of nitrogens with zero attached hydrogens (tertiary/aromatic N) is 1. The molecule has 1 heterocycles. The predicted octanol–water partition coefficient (Wildman–Crippen LogP) is 3.67. The third-order valence-electron chi connectivity index (χ3n) is 2.60. The Balaban J connectivity index is 2.88.